The smallest absolute Gasteiger partial charge is 0.244 e. The fraction of sp³-hybridized carbons (Fsp3) is 0.429. The van der Waals surface area contributed by atoms with Crippen LogP contribution in [0, 0.1) is 13.8 Å². The van der Waals surface area contributed by atoms with Crippen molar-refractivity contribution in [3.63, 3.8) is 0 Å². The van der Waals surface area contributed by atoms with Crippen molar-refractivity contribution in [3.05, 3.63) is 29.3 Å². The summed E-state index contributed by atoms with van der Waals surface area (Å²) in [5.41, 5.74) is 8.11. The van der Waals surface area contributed by atoms with Gasteiger partial charge in [0.15, 0.2) is 0 Å². The zero-order valence-electron chi connectivity index (χ0n) is 11.7. The number of hydrogen-bond acceptors (Lipinski definition) is 3. The first-order chi connectivity index (χ1) is 8.99. The van der Waals surface area contributed by atoms with Crippen molar-refractivity contribution in [2.75, 3.05) is 25.0 Å². The summed E-state index contributed by atoms with van der Waals surface area (Å²) in [6, 6.07) is 5.81. The van der Waals surface area contributed by atoms with Crippen LogP contribution in [0.3, 0.4) is 0 Å². The summed E-state index contributed by atoms with van der Waals surface area (Å²) in [4.78, 5) is 24.9. The second-order valence-electron chi connectivity index (χ2n) is 4.43. The number of carbonyl (C=O) groups is 2. The van der Waals surface area contributed by atoms with Gasteiger partial charge < -0.3 is 16.0 Å². The van der Waals surface area contributed by atoms with E-state index in [1.54, 1.807) is 0 Å². The van der Waals surface area contributed by atoms with Gasteiger partial charge in [-0.15, -0.1) is 0 Å². The molecule has 0 saturated carbocycles. The number of hydrogen-bond donors (Lipinski definition) is 2. The molecular formula is C14H21N3O2. The molecule has 3 N–H and O–H groups in total. The van der Waals surface area contributed by atoms with E-state index >= 15 is 0 Å². The number of rotatable bonds is 5. The third kappa shape index (κ3) is 4.06. The minimum absolute atomic E-state index is 0.0281. The molecule has 0 unspecified atom stereocenters. The lowest BCUT2D eigenvalue weighted by atomic mass is 10.1. The van der Waals surface area contributed by atoms with E-state index in [1.807, 2.05) is 39.0 Å². The fourth-order valence-corrected chi connectivity index (χ4v) is 1.87. The SMILES string of the molecule is CCN(CC(=O)Nc1c(C)cccc1C)C(=O)CN. The molecule has 1 rings (SSSR count). The van der Waals surface area contributed by atoms with E-state index in [4.69, 9.17) is 5.73 Å². The van der Waals surface area contributed by atoms with Gasteiger partial charge in [0.05, 0.1) is 13.1 Å². The van der Waals surface area contributed by atoms with Gasteiger partial charge in [-0.1, -0.05) is 18.2 Å². The molecule has 0 aliphatic heterocycles. The first-order valence-corrected chi connectivity index (χ1v) is 6.33. The maximum Gasteiger partial charge on any atom is 0.244 e. The molecule has 1 aromatic rings. The van der Waals surface area contributed by atoms with Crippen molar-refractivity contribution < 1.29 is 9.59 Å². The number of anilines is 1. The average Bonchev–Trinajstić information content (AvgIpc) is 2.39. The van der Waals surface area contributed by atoms with Crippen molar-refractivity contribution in [2.45, 2.75) is 20.8 Å². The predicted molar refractivity (Wildman–Crippen MR) is 75.9 cm³/mol. The van der Waals surface area contributed by atoms with E-state index in [1.165, 1.54) is 4.90 Å². The van der Waals surface area contributed by atoms with Crippen LogP contribution in [0.25, 0.3) is 0 Å². The van der Waals surface area contributed by atoms with Crippen LogP contribution < -0.4 is 11.1 Å². The molecule has 0 atom stereocenters. The highest BCUT2D eigenvalue weighted by Gasteiger charge is 2.15. The number of nitrogens with two attached hydrogens (primary N) is 1. The molecule has 5 nitrogen and oxygen atoms in total. The number of aryl methyl sites for hydroxylation is 2. The summed E-state index contributed by atoms with van der Waals surface area (Å²) >= 11 is 0. The Morgan fingerprint density at radius 2 is 1.84 bits per heavy atom. The van der Waals surface area contributed by atoms with Crippen LogP contribution in [0.2, 0.25) is 0 Å². The Hall–Kier alpha value is -1.88. The molecule has 5 heteroatoms. The van der Waals surface area contributed by atoms with Gasteiger partial charge in [0.1, 0.15) is 0 Å². The Bertz CT molecular complexity index is 452. The van der Waals surface area contributed by atoms with E-state index in [9.17, 15) is 9.59 Å². The predicted octanol–water partition coefficient (Wildman–Crippen LogP) is 1.05. The molecule has 0 spiro atoms. The van der Waals surface area contributed by atoms with Crippen molar-refractivity contribution in [1.82, 2.24) is 4.90 Å². The number of amides is 2. The first kappa shape index (κ1) is 15.2. The number of para-hydroxylation sites is 1. The summed E-state index contributed by atoms with van der Waals surface area (Å²) in [6.07, 6.45) is 0. The lowest BCUT2D eigenvalue weighted by Crippen LogP contribution is -2.41. The van der Waals surface area contributed by atoms with Gasteiger partial charge in [-0.05, 0) is 31.9 Å². The molecule has 19 heavy (non-hydrogen) atoms. The van der Waals surface area contributed by atoms with Crippen molar-refractivity contribution in [3.8, 4) is 0 Å². The van der Waals surface area contributed by atoms with Gasteiger partial charge in [-0.2, -0.15) is 0 Å². The van der Waals surface area contributed by atoms with Crippen molar-refractivity contribution in [2.24, 2.45) is 5.73 Å². The minimum Gasteiger partial charge on any atom is -0.333 e. The minimum atomic E-state index is -0.223. The van der Waals surface area contributed by atoms with Crippen LogP contribution in [0.1, 0.15) is 18.1 Å². The number of nitrogens with zero attached hydrogens (tertiary/aromatic N) is 1. The third-order valence-electron chi connectivity index (χ3n) is 2.99. The highest BCUT2D eigenvalue weighted by Crippen LogP contribution is 2.19. The molecule has 0 heterocycles. The number of carbonyl (C=O) groups excluding carboxylic acids is 2. The van der Waals surface area contributed by atoms with Crippen molar-refractivity contribution >= 4 is 17.5 Å². The Labute approximate surface area is 113 Å². The summed E-state index contributed by atoms with van der Waals surface area (Å²) in [5, 5.41) is 2.85. The molecule has 0 fully saturated rings. The standard InChI is InChI=1S/C14H21N3O2/c1-4-17(13(19)8-15)9-12(18)16-14-10(2)6-5-7-11(14)3/h5-7H,4,8-9,15H2,1-3H3,(H,16,18). The Kier molecular flexibility index (Phi) is 5.51. The normalized spacial score (nSPS) is 10.1. The van der Waals surface area contributed by atoms with Gasteiger partial charge >= 0.3 is 0 Å². The molecule has 2 amide bonds. The van der Waals surface area contributed by atoms with Crippen LogP contribution in [-0.2, 0) is 9.59 Å². The first-order valence-electron chi connectivity index (χ1n) is 6.33. The largest absolute Gasteiger partial charge is 0.333 e. The summed E-state index contributed by atoms with van der Waals surface area (Å²) in [5.74, 6) is -0.430. The lowest BCUT2D eigenvalue weighted by molar-refractivity contribution is -0.133. The summed E-state index contributed by atoms with van der Waals surface area (Å²) in [6.45, 7) is 6.11. The highest BCUT2D eigenvalue weighted by atomic mass is 16.2. The Balaban J connectivity index is 2.72. The van der Waals surface area contributed by atoms with Crippen molar-refractivity contribution in [1.29, 1.82) is 0 Å². The summed E-state index contributed by atoms with van der Waals surface area (Å²) in [7, 11) is 0. The molecule has 0 radical (unpaired) electrons. The number of likely N-dealkylation sites (N-methyl/N-ethyl adjacent to an activating group) is 1. The zero-order valence-corrected chi connectivity index (χ0v) is 11.7. The van der Waals surface area contributed by atoms with Gasteiger partial charge in [-0.25, -0.2) is 0 Å². The second-order valence-corrected chi connectivity index (χ2v) is 4.43. The number of nitrogens with one attached hydrogen (secondary N) is 1. The highest BCUT2D eigenvalue weighted by molar-refractivity contribution is 5.95. The molecular weight excluding hydrogens is 242 g/mol. The third-order valence-corrected chi connectivity index (χ3v) is 2.99. The van der Waals surface area contributed by atoms with Gasteiger partial charge in [0, 0.05) is 12.2 Å². The zero-order chi connectivity index (χ0) is 14.4. The quantitative estimate of drug-likeness (QED) is 0.833. The Morgan fingerprint density at radius 1 is 1.26 bits per heavy atom. The van der Waals surface area contributed by atoms with Crippen LogP contribution in [0.4, 0.5) is 5.69 Å². The van der Waals surface area contributed by atoms with Gasteiger partial charge in [-0.3, -0.25) is 9.59 Å². The van der Waals surface area contributed by atoms with E-state index in [0.717, 1.165) is 16.8 Å². The molecule has 1 aromatic carbocycles. The van der Waals surface area contributed by atoms with Crippen LogP contribution in [0.5, 0.6) is 0 Å². The van der Waals surface area contributed by atoms with E-state index < -0.39 is 0 Å². The van der Waals surface area contributed by atoms with Crippen LogP contribution in [0.15, 0.2) is 18.2 Å². The van der Waals surface area contributed by atoms with E-state index in [0.29, 0.717) is 6.54 Å². The summed E-state index contributed by atoms with van der Waals surface area (Å²) < 4.78 is 0. The van der Waals surface area contributed by atoms with Gasteiger partial charge in [0.25, 0.3) is 0 Å². The van der Waals surface area contributed by atoms with Crippen LogP contribution >= 0.6 is 0 Å². The maximum atomic E-state index is 12.0. The topological polar surface area (TPSA) is 75.4 Å². The number of benzene rings is 1. The molecule has 0 aromatic heterocycles. The molecule has 0 aliphatic rings. The van der Waals surface area contributed by atoms with E-state index in [2.05, 4.69) is 5.32 Å². The lowest BCUT2D eigenvalue weighted by Gasteiger charge is -2.20. The molecule has 104 valence electrons. The average molecular weight is 263 g/mol. The Morgan fingerprint density at radius 3 is 2.32 bits per heavy atom. The van der Waals surface area contributed by atoms with Crippen LogP contribution in [-0.4, -0.2) is 36.3 Å². The molecule has 0 aliphatic carbocycles. The fourth-order valence-electron chi connectivity index (χ4n) is 1.87. The molecule has 0 bridgehead atoms. The maximum absolute atomic E-state index is 12.0. The molecule has 0 saturated heterocycles. The van der Waals surface area contributed by atoms with E-state index in [-0.39, 0.29) is 24.9 Å². The second kappa shape index (κ2) is 6.89. The monoisotopic (exact) mass is 263 g/mol. The van der Waals surface area contributed by atoms with Gasteiger partial charge in [0.2, 0.25) is 11.8 Å².